The summed E-state index contributed by atoms with van der Waals surface area (Å²) in [5, 5.41) is 8.36. The molecule has 4 radical (unpaired) electrons. The molecule has 17 nitrogen and oxygen atoms in total. The number of benzene rings is 5. The maximum Gasteiger partial charge on any atom is 2.00 e. The maximum atomic E-state index is 13.5. The molecule has 0 aliphatic rings. The molecule has 0 saturated carbocycles. The van der Waals surface area contributed by atoms with E-state index in [0.717, 1.165) is 55.7 Å². The van der Waals surface area contributed by atoms with E-state index in [-0.39, 0.29) is 107 Å². The van der Waals surface area contributed by atoms with Gasteiger partial charge >= 0.3 is 19.5 Å². The number of imidazole rings is 4. The van der Waals surface area contributed by atoms with Crippen LogP contribution in [0.5, 0.6) is 0 Å². The smallest absolute Gasteiger partial charge is 0.512 e. The molecule has 14 aromatic rings. The second-order valence-corrected chi connectivity index (χ2v) is 17.2. The van der Waals surface area contributed by atoms with Gasteiger partial charge in [-0.1, -0.05) is 103 Å². The molecule has 14 rings (SSSR count). The third kappa shape index (κ3) is 18.7. The maximum absolute atomic E-state index is 13.5. The van der Waals surface area contributed by atoms with Crippen LogP contribution in [0, 0.1) is 35.2 Å². The van der Waals surface area contributed by atoms with Gasteiger partial charge in [0.1, 0.15) is 12.7 Å². The van der Waals surface area contributed by atoms with E-state index >= 15 is 0 Å². The summed E-state index contributed by atoms with van der Waals surface area (Å²) >= 11 is 0. The minimum absolute atomic E-state index is 0. The SMILES string of the molecule is CC(=O)C=C(C)O.Fc1c(F)c(F)c2[n-]c(-c3ccccn3)nc2c1F.Fc1c[c-]c(-c2ccccn2)cc1.[Rh+2].[Rh].[Rh].[Rh].c1ccc(-c2nc3ccccc3[n-]2)nc1.c1ccc(-c2nc3ccccc3[n-]2)nc1.c1ccc2[n-]c(-c3ncncn3)nc2c1. The Balaban J connectivity index is 0.000000194. The molecule has 0 spiro atoms. The summed E-state index contributed by atoms with van der Waals surface area (Å²) in [5.41, 5.74) is 7.55. The van der Waals surface area contributed by atoms with Gasteiger partial charge < -0.3 is 50.0 Å². The van der Waals surface area contributed by atoms with Crippen molar-refractivity contribution >= 4 is 49.9 Å². The number of allylic oxidation sites excluding steroid dienone is 2. The van der Waals surface area contributed by atoms with E-state index in [1.54, 1.807) is 36.8 Å². The Kier molecular flexibility index (Phi) is 27.2. The van der Waals surface area contributed by atoms with Gasteiger partial charge in [-0.05, 0) is 118 Å². The zero-order valence-corrected chi connectivity index (χ0v) is 52.0. The molecular weight excluding hydrogens is 1490 g/mol. The van der Waals surface area contributed by atoms with Crippen molar-refractivity contribution in [3.05, 3.63) is 248 Å². The summed E-state index contributed by atoms with van der Waals surface area (Å²) in [6.07, 6.45) is 10.7. The van der Waals surface area contributed by atoms with Crippen LogP contribution in [0.25, 0.3) is 102 Å². The van der Waals surface area contributed by atoms with Crippen LogP contribution in [0.1, 0.15) is 13.8 Å². The van der Waals surface area contributed by atoms with Crippen molar-refractivity contribution in [1.29, 1.82) is 0 Å². The number of rotatable bonds is 6. The monoisotopic (exact) mass is 1530 g/mol. The van der Waals surface area contributed by atoms with Crippen molar-refractivity contribution in [2.24, 2.45) is 0 Å². The molecule has 0 saturated heterocycles. The quantitative estimate of drug-likeness (QED) is 0.0310. The molecule has 0 fully saturated rings. The van der Waals surface area contributed by atoms with Crippen LogP contribution in [0.15, 0.2) is 213 Å². The van der Waals surface area contributed by atoms with Crippen molar-refractivity contribution in [1.82, 2.24) is 74.8 Å². The number of nitrogens with zero attached hydrogens (tertiary/aromatic N) is 15. The van der Waals surface area contributed by atoms with Gasteiger partial charge in [0, 0.05) is 106 Å². The second kappa shape index (κ2) is 34.3. The largest absolute Gasteiger partial charge is 2.00 e. The Hall–Kier alpha value is -9.06. The van der Waals surface area contributed by atoms with E-state index in [1.807, 2.05) is 127 Å². The average Bonchev–Trinajstić information content (AvgIpc) is 2.56. The fraction of sp³-hybridized carbons (Fsp3) is 0.0323. The fourth-order valence-corrected chi connectivity index (χ4v) is 7.43. The van der Waals surface area contributed by atoms with Crippen LogP contribution in [-0.4, -0.2) is 65.7 Å². The number of ketones is 1. The van der Waals surface area contributed by atoms with Crippen LogP contribution < -0.4 is 19.9 Å². The van der Waals surface area contributed by atoms with Gasteiger partial charge in [-0.2, -0.15) is 0 Å². The van der Waals surface area contributed by atoms with E-state index in [4.69, 9.17) is 5.11 Å². The number of hydrogen-bond acceptors (Lipinski definition) is 13. The van der Waals surface area contributed by atoms with Gasteiger partial charge in [-0.15, -0.1) is 29.8 Å². The number of pyridine rings is 4. The molecule has 0 aliphatic heterocycles. The fourth-order valence-electron chi connectivity index (χ4n) is 7.43. The van der Waals surface area contributed by atoms with Crippen molar-refractivity contribution in [2.75, 3.05) is 0 Å². The number of fused-ring (bicyclic) bond motifs is 4. The first-order valence-electron chi connectivity index (χ1n) is 25.1. The summed E-state index contributed by atoms with van der Waals surface area (Å²) in [4.78, 5) is 71.8. The molecule has 0 amide bonds. The van der Waals surface area contributed by atoms with Gasteiger partial charge in [0.25, 0.3) is 0 Å². The number of carbonyl (C=O) groups excluding carboxylic acids is 1. The van der Waals surface area contributed by atoms with Crippen molar-refractivity contribution in [3.63, 3.8) is 0 Å². The standard InChI is InChI=1S/C12H4F4N3.2C12H8N3.C11H7FN.C10H6N5.C5H8O2.4Rh/c13-6-7(14)9(16)11-10(8(6)15)18-12(19-11)5-3-1-2-4-17-5;2*1-2-6-10-9(5-1)14-12(15-10)11-7-3-4-8-13-11;12-10-6-4-9(5-7-10)11-3-1-2-8-13-11;1-2-4-8-7(3-1)14-10(15-8)9-12-5-11-6-13-9;1-4(6)3-5(2)7;;;;/h1-4H;2*1-8H;1-4,6-8H;1-6H;3,6H,1-2H3;;;;/q5*-1;;;;;+2. The van der Waals surface area contributed by atoms with Crippen LogP contribution in [0.3, 0.4) is 0 Å². The summed E-state index contributed by atoms with van der Waals surface area (Å²) in [7, 11) is 0. The number of carbonyl (C=O) groups is 1. The number of aromatic nitrogens is 15. The first-order valence-corrected chi connectivity index (χ1v) is 25.1. The summed E-state index contributed by atoms with van der Waals surface area (Å²) in [5.74, 6) is -4.96. The van der Waals surface area contributed by atoms with Crippen LogP contribution in [0.2, 0.25) is 0 Å². The summed E-state index contributed by atoms with van der Waals surface area (Å²) in [6, 6.07) is 52.3. The number of aliphatic hydroxyl groups excluding tert-OH is 1. The number of hydrogen-bond donors (Lipinski definition) is 1. The van der Waals surface area contributed by atoms with Gasteiger partial charge in [-0.3, -0.25) is 24.1 Å². The third-order valence-electron chi connectivity index (χ3n) is 11.2. The Labute approximate surface area is 549 Å². The second-order valence-electron chi connectivity index (χ2n) is 17.2. The number of para-hydroxylation sites is 6. The average molecular weight is 1530 g/mol. The van der Waals surface area contributed by atoms with E-state index in [9.17, 15) is 26.7 Å². The number of aliphatic hydroxyl groups is 1. The Morgan fingerprint density at radius 2 is 0.852 bits per heavy atom. The predicted octanol–water partition coefficient (Wildman–Crippen LogP) is 12.1. The molecule has 9 heterocycles. The zero-order chi connectivity index (χ0) is 58.8. The van der Waals surface area contributed by atoms with Gasteiger partial charge in [0.2, 0.25) is 0 Å². The number of halogens is 5. The van der Waals surface area contributed by atoms with Crippen molar-refractivity contribution < 1.29 is 110 Å². The Bertz CT molecular complexity index is 4050. The molecule has 0 atom stereocenters. The van der Waals surface area contributed by atoms with Gasteiger partial charge in [0.15, 0.2) is 34.9 Å². The zero-order valence-electron chi connectivity index (χ0n) is 45.4. The van der Waals surface area contributed by atoms with E-state index in [0.29, 0.717) is 23.3 Å². The first kappa shape index (κ1) is 69.7. The minimum atomic E-state index is -1.91. The molecule has 450 valence electrons. The molecule has 0 aliphatic carbocycles. The Morgan fingerprint density at radius 3 is 1.24 bits per heavy atom. The van der Waals surface area contributed by atoms with Crippen LogP contribution >= 0.6 is 0 Å². The summed E-state index contributed by atoms with van der Waals surface area (Å²) in [6.45, 7) is 2.85. The summed E-state index contributed by atoms with van der Waals surface area (Å²) < 4.78 is 65.6. The first-order chi connectivity index (χ1) is 40.9. The molecule has 0 bridgehead atoms. The van der Waals surface area contributed by atoms with Crippen molar-refractivity contribution in [3.8, 4) is 57.5 Å². The topological polar surface area (TPSA) is 235 Å². The van der Waals surface area contributed by atoms with E-state index in [1.165, 1.54) is 57.0 Å². The molecule has 5 aromatic carbocycles. The van der Waals surface area contributed by atoms with Gasteiger partial charge in [-0.25, -0.2) is 32.5 Å². The van der Waals surface area contributed by atoms with Crippen molar-refractivity contribution in [2.45, 2.75) is 13.8 Å². The van der Waals surface area contributed by atoms with Crippen LogP contribution in [0.4, 0.5) is 22.0 Å². The molecular formula is C62H41F5N15O2Rh4-3. The normalized spacial score (nSPS) is 10.2. The van der Waals surface area contributed by atoms with Crippen LogP contribution in [-0.2, 0) is 82.7 Å². The molecule has 1 N–H and O–H groups in total. The molecule has 0 unspecified atom stereocenters. The Morgan fingerprint density at radius 1 is 0.455 bits per heavy atom. The molecule has 9 aromatic heterocycles. The van der Waals surface area contributed by atoms with E-state index < -0.39 is 34.3 Å². The molecule has 88 heavy (non-hydrogen) atoms. The third-order valence-corrected chi connectivity index (χ3v) is 11.2. The van der Waals surface area contributed by atoms with E-state index in [2.05, 4.69) is 80.8 Å². The van der Waals surface area contributed by atoms with Gasteiger partial charge in [0.05, 0.1) is 22.8 Å². The minimum Gasteiger partial charge on any atom is -0.512 e. The predicted molar refractivity (Wildman–Crippen MR) is 304 cm³/mol. The molecule has 26 heteroatoms.